The van der Waals surface area contributed by atoms with E-state index in [4.69, 9.17) is 9.47 Å². The molecule has 1 aliphatic rings. The summed E-state index contributed by atoms with van der Waals surface area (Å²) < 4.78 is 11.0. The van der Waals surface area contributed by atoms with Crippen molar-refractivity contribution < 1.29 is 14.3 Å². The number of esters is 1. The summed E-state index contributed by atoms with van der Waals surface area (Å²) in [7, 11) is 0. The highest BCUT2D eigenvalue weighted by Gasteiger charge is 2.49. The number of hydrogen-bond acceptors (Lipinski definition) is 4. The van der Waals surface area contributed by atoms with Gasteiger partial charge in [-0.3, -0.25) is 4.79 Å². The van der Waals surface area contributed by atoms with Crippen LogP contribution in [0.5, 0.6) is 0 Å². The van der Waals surface area contributed by atoms with E-state index in [0.29, 0.717) is 32.5 Å². The number of carbonyl (C=O) groups excluding carboxylic acids is 1. The Morgan fingerprint density at radius 2 is 2.09 bits per heavy atom. The largest absolute Gasteiger partial charge is 0.465 e. The summed E-state index contributed by atoms with van der Waals surface area (Å²) in [6.07, 6.45) is 2.02. The van der Waals surface area contributed by atoms with Gasteiger partial charge in [0.05, 0.1) is 18.3 Å². The standard InChI is InChI=1S/C19H25NO3/c1-4-22-17(21)16(13-20)19(10-11-23-18(2,3)14-19)12-15-8-6-5-7-9-15/h5-9,16H,4,10-12,14H2,1-3H3/t16-,19+/m1/s1. The molecule has 4 nitrogen and oxygen atoms in total. The second-order valence-electron chi connectivity index (χ2n) is 6.87. The van der Waals surface area contributed by atoms with Crippen LogP contribution in [0.2, 0.25) is 0 Å². The SMILES string of the molecule is CCOC(=O)[C@@H](C#N)[C@]1(Cc2ccccc2)CCOC(C)(C)C1. The summed E-state index contributed by atoms with van der Waals surface area (Å²) in [5.74, 6) is -1.19. The fourth-order valence-electron chi connectivity index (χ4n) is 3.68. The second kappa shape index (κ2) is 7.14. The lowest BCUT2D eigenvalue weighted by molar-refractivity contribution is -0.160. The molecule has 0 aliphatic carbocycles. The average Bonchev–Trinajstić information content (AvgIpc) is 2.48. The number of benzene rings is 1. The number of hydrogen-bond donors (Lipinski definition) is 0. The van der Waals surface area contributed by atoms with E-state index in [0.717, 1.165) is 5.56 Å². The van der Waals surface area contributed by atoms with Crippen molar-refractivity contribution in [3.8, 4) is 6.07 Å². The molecule has 0 N–H and O–H groups in total. The summed E-state index contributed by atoms with van der Waals surface area (Å²) >= 11 is 0. The Hall–Kier alpha value is -1.86. The second-order valence-corrected chi connectivity index (χ2v) is 6.87. The number of rotatable bonds is 5. The lowest BCUT2D eigenvalue weighted by Crippen LogP contribution is -2.48. The van der Waals surface area contributed by atoms with Crippen molar-refractivity contribution in [1.29, 1.82) is 5.26 Å². The van der Waals surface area contributed by atoms with Crippen molar-refractivity contribution in [2.75, 3.05) is 13.2 Å². The highest BCUT2D eigenvalue weighted by molar-refractivity contribution is 5.76. The van der Waals surface area contributed by atoms with Gasteiger partial charge in [0.25, 0.3) is 0 Å². The highest BCUT2D eigenvalue weighted by atomic mass is 16.5. The molecule has 124 valence electrons. The van der Waals surface area contributed by atoms with E-state index in [9.17, 15) is 10.1 Å². The number of nitrogens with zero attached hydrogens (tertiary/aromatic N) is 1. The van der Waals surface area contributed by atoms with Crippen LogP contribution in [0.25, 0.3) is 0 Å². The van der Waals surface area contributed by atoms with Gasteiger partial charge in [-0.1, -0.05) is 30.3 Å². The van der Waals surface area contributed by atoms with Crippen molar-refractivity contribution in [2.24, 2.45) is 11.3 Å². The molecular formula is C19H25NO3. The highest BCUT2D eigenvalue weighted by Crippen LogP contribution is 2.47. The van der Waals surface area contributed by atoms with Crippen molar-refractivity contribution in [3.05, 3.63) is 35.9 Å². The first-order valence-corrected chi connectivity index (χ1v) is 8.16. The normalized spacial score (nSPS) is 24.4. The van der Waals surface area contributed by atoms with Crippen molar-refractivity contribution in [3.63, 3.8) is 0 Å². The third kappa shape index (κ3) is 4.11. The molecule has 4 heteroatoms. The Balaban J connectivity index is 2.38. The van der Waals surface area contributed by atoms with E-state index in [1.54, 1.807) is 6.92 Å². The first kappa shape index (κ1) is 17.5. The smallest absolute Gasteiger partial charge is 0.323 e. The molecule has 0 radical (unpaired) electrons. The van der Waals surface area contributed by atoms with E-state index in [-0.39, 0.29) is 5.60 Å². The fraction of sp³-hybridized carbons (Fsp3) is 0.579. The minimum atomic E-state index is -0.772. The van der Waals surface area contributed by atoms with Gasteiger partial charge in [-0.2, -0.15) is 5.26 Å². The molecule has 23 heavy (non-hydrogen) atoms. The zero-order valence-corrected chi connectivity index (χ0v) is 14.2. The molecule has 1 fully saturated rings. The molecule has 0 aromatic heterocycles. The van der Waals surface area contributed by atoms with Gasteiger partial charge < -0.3 is 9.47 Å². The predicted octanol–water partition coefficient (Wildman–Crippen LogP) is 3.51. The maximum atomic E-state index is 12.4. The summed E-state index contributed by atoms with van der Waals surface area (Å²) in [5.41, 5.74) is 0.327. The lowest BCUT2D eigenvalue weighted by Gasteiger charge is -2.46. The van der Waals surface area contributed by atoms with Crippen LogP contribution < -0.4 is 0 Å². The van der Waals surface area contributed by atoms with Gasteiger partial charge in [0.2, 0.25) is 0 Å². The zero-order chi connectivity index (χ0) is 16.9. The van der Waals surface area contributed by atoms with Crippen LogP contribution in [-0.2, 0) is 20.7 Å². The minimum absolute atomic E-state index is 0.290. The Morgan fingerprint density at radius 3 is 2.65 bits per heavy atom. The molecule has 0 saturated carbocycles. The number of nitriles is 1. The third-order valence-electron chi connectivity index (χ3n) is 4.53. The number of ether oxygens (including phenoxy) is 2. The molecular weight excluding hydrogens is 290 g/mol. The molecule has 0 bridgehead atoms. The average molecular weight is 315 g/mol. The summed E-state index contributed by atoms with van der Waals surface area (Å²) in [6, 6.07) is 12.3. The quantitative estimate of drug-likeness (QED) is 0.780. The monoisotopic (exact) mass is 315 g/mol. The Kier molecular flexibility index (Phi) is 5.43. The van der Waals surface area contributed by atoms with E-state index >= 15 is 0 Å². The van der Waals surface area contributed by atoms with Crippen molar-refractivity contribution in [1.82, 2.24) is 0 Å². The predicted molar refractivity (Wildman–Crippen MR) is 87.6 cm³/mol. The lowest BCUT2D eigenvalue weighted by atomic mass is 9.63. The molecule has 1 aromatic carbocycles. The van der Waals surface area contributed by atoms with Crippen molar-refractivity contribution in [2.45, 2.75) is 45.6 Å². The van der Waals surface area contributed by atoms with Gasteiger partial charge >= 0.3 is 5.97 Å². The maximum absolute atomic E-state index is 12.4. The first-order chi connectivity index (χ1) is 10.9. The van der Waals surface area contributed by atoms with Crippen LogP contribution >= 0.6 is 0 Å². The Bertz CT molecular complexity index is 576. The first-order valence-electron chi connectivity index (χ1n) is 8.16. The van der Waals surface area contributed by atoms with Crippen LogP contribution in [0.1, 0.15) is 39.2 Å². The Morgan fingerprint density at radius 1 is 1.39 bits per heavy atom. The van der Waals surface area contributed by atoms with Crippen LogP contribution in [0, 0.1) is 22.7 Å². The van der Waals surface area contributed by atoms with Crippen LogP contribution in [0.3, 0.4) is 0 Å². The van der Waals surface area contributed by atoms with E-state index < -0.39 is 17.3 Å². The van der Waals surface area contributed by atoms with Gasteiger partial charge in [-0.25, -0.2) is 0 Å². The fourth-order valence-corrected chi connectivity index (χ4v) is 3.68. The van der Waals surface area contributed by atoms with Gasteiger partial charge in [-0.15, -0.1) is 0 Å². The molecule has 1 heterocycles. The Labute approximate surface area is 138 Å². The number of carbonyl (C=O) groups is 1. The van der Waals surface area contributed by atoms with Gasteiger partial charge in [0, 0.05) is 12.0 Å². The van der Waals surface area contributed by atoms with Crippen LogP contribution in [0.4, 0.5) is 0 Å². The molecule has 2 rings (SSSR count). The molecule has 2 atom stereocenters. The van der Waals surface area contributed by atoms with Gasteiger partial charge in [0.15, 0.2) is 0 Å². The van der Waals surface area contributed by atoms with Gasteiger partial charge in [0.1, 0.15) is 5.92 Å². The van der Waals surface area contributed by atoms with Gasteiger partial charge in [-0.05, 0) is 45.6 Å². The molecule has 0 spiro atoms. The van der Waals surface area contributed by atoms with E-state index in [1.165, 1.54) is 0 Å². The molecule has 0 unspecified atom stereocenters. The summed E-state index contributed by atoms with van der Waals surface area (Å²) in [5, 5.41) is 9.70. The van der Waals surface area contributed by atoms with Crippen molar-refractivity contribution >= 4 is 5.97 Å². The summed E-state index contributed by atoms with van der Waals surface area (Å²) in [6.45, 7) is 6.65. The maximum Gasteiger partial charge on any atom is 0.323 e. The van der Waals surface area contributed by atoms with E-state index in [2.05, 4.69) is 6.07 Å². The topological polar surface area (TPSA) is 59.3 Å². The molecule has 1 aliphatic heterocycles. The minimum Gasteiger partial charge on any atom is -0.465 e. The molecule has 1 saturated heterocycles. The van der Waals surface area contributed by atoms with Crippen LogP contribution in [0.15, 0.2) is 30.3 Å². The molecule has 1 aromatic rings. The molecule has 0 amide bonds. The summed E-state index contributed by atoms with van der Waals surface area (Å²) in [4.78, 5) is 12.4. The van der Waals surface area contributed by atoms with Crippen LogP contribution in [-0.4, -0.2) is 24.8 Å². The van der Waals surface area contributed by atoms with E-state index in [1.807, 2.05) is 44.2 Å². The third-order valence-corrected chi connectivity index (χ3v) is 4.53. The zero-order valence-electron chi connectivity index (χ0n) is 14.2.